The highest BCUT2D eigenvalue weighted by molar-refractivity contribution is 7.16. The number of carbonyl (C=O) groups is 2. The van der Waals surface area contributed by atoms with Crippen molar-refractivity contribution >= 4 is 39.2 Å². The van der Waals surface area contributed by atoms with Crippen molar-refractivity contribution in [3.8, 4) is 0 Å². The van der Waals surface area contributed by atoms with Crippen molar-refractivity contribution in [1.82, 2.24) is 4.98 Å². The molecule has 2 rings (SSSR count). The number of anilines is 1. The Morgan fingerprint density at radius 1 is 1.20 bits per heavy atom. The van der Waals surface area contributed by atoms with Crippen LogP contribution in [0.4, 0.5) is 5.69 Å². The number of aromatic nitrogens is 1. The molecule has 1 aromatic carbocycles. The molecule has 108 valence electrons. The van der Waals surface area contributed by atoms with E-state index in [0.717, 1.165) is 15.9 Å². The van der Waals surface area contributed by atoms with Gasteiger partial charge in [0.25, 0.3) is 0 Å². The van der Waals surface area contributed by atoms with Gasteiger partial charge in [0.15, 0.2) is 0 Å². The van der Waals surface area contributed by atoms with Crippen LogP contribution in [-0.4, -0.2) is 39.0 Å². The van der Waals surface area contributed by atoms with Gasteiger partial charge in [-0.2, -0.15) is 0 Å². The van der Waals surface area contributed by atoms with E-state index in [9.17, 15) is 9.59 Å². The zero-order chi connectivity index (χ0) is 15.0. The molecule has 0 saturated heterocycles. The Balaban J connectivity index is 0.000000221. The van der Waals surface area contributed by atoms with E-state index in [1.54, 1.807) is 11.3 Å². The number of aliphatic hydroxyl groups is 1. The van der Waals surface area contributed by atoms with E-state index < -0.39 is 11.9 Å². The van der Waals surface area contributed by atoms with Crippen LogP contribution in [0.15, 0.2) is 23.7 Å². The third-order valence-corrected chi connectivity index (χ3v) is 2.96. The van der Waals surface area contributed by atoms with Crippen LogP contribution in [0.1, 0.15) is 12.8 Å². The number of aliphatic carboxylic acids is 2. The molecule has 0 fully saturated rings. The molecule has 2 aromatic rings. The predicted molar refractivity (Wildman–Crippen MR) is 74.8 cm³/mol. The molecular weight excluding hydrogens is 284 g/mol. The van der Waals surface area contributed by atoms with Crippen LogP contribution < -0.4 is 5.32 Å². The maximum atomic E-state index is 9.64. The molecule has 0 radical (unpaired) electrons. The average Bonchev–Trinajstić information content (AvgIpc) is 2.85. The number of rotatable bonds is 5. The van der Waals surface area contributed by atoms with E-state index in [-0.39, 0.29) is 19.6 Å². The number of thiazole rings is 1. The zero-order valence-corrected chi connectivity index (χ0v) is 11.3. The number of benzene rings is 1. The Labute approximate surface area is 118 Å². The summed E-state index contributed by atoms with van der Waals surface area (Å²) >= 11 is 1.59. The molecule has 20 heavy (non-hydrogen) atoms. The molecule has 0 spiro atoms. The first-order chi connectivity index (χ1) is 9.52. The highest BCUT2D eigenvalue weighted by Gasteiger charge is 2.00. The second-order valence-corrected chi connectivity index (χ2v) is 4.54. The number of nitrogens with one attached hydrogen (secondary N) is 1. The fraction of sp³-hybridized carbons (Fsp3) is 0.250. The molecule has 8 heteroatoms. The van der Waals surface area contributed by atoms with Gasteiger partial charge in [0.05, 0.1) is 28.6 Å². The van der Waals surface area contributed by atoms with Crippen molar-refractivity contribution < 1.29 is 24.9 Å². The molecule has 0 aliphatic rings. The Morgan fingerprint density at radius 2 is 1.85 bits per heavy atom. The van der Waals surface area contributed by atoms with Gasteiger partial charge in [-0.05, 0) is 18.2 Å². The van der Waals surface area contributed by atoms with E-state index in [4.69, 9.17) is 15.3 Å². The fourth-order valence-electron chi connectivity index (χ4n) is 1.27. The summed E-state index contributed by atoms with van der Waals surface area (Å²) < 4.78 is 1.13. The lowest BCUT2D eigenvalue weighted by Crippen LogP contribution is -2.00. The molecule has 0 atom stereocenters. The lowest BCUT2D eigenvalue weighted by molar-refractivity contribution is -0.143. The maximum absolute atomic E-state index is 9.64. The summed E-state index contributed by atoms with van der Waals surface area (Å²) in [5.41, 5.74) is 3.74. The Bertz CT molecular complexity index is 570. The standard InChI is InChI=1S/C8H8N2OS.C4H6O4/c11-4-9-6-1-2-7-8(3-6)12-5-10-7;5-3(6)1-2-4(7)8/h1-3,5,9,11H,4H2;1-2H2,(H,5,6)(H,7,8). The zero-order valence-electron chi connectivity index (χ0n) is 10.4. The topological polar surface area (TPSA) is 120 Å². The number of nitrogens with zero attached hydrogens (tertiary/aromatic N) is 1. The monoisotopic (exact) mass is 298 g/mol. The van der Waals surface area contributed by atoms with Crippen molar-refractivity contribution in [2.45, 2.75) is 12.8 Å². The van der Waals surface area contributed by atoms with Crippen molar-refractivity contribution in [1.29, 1.82) is 0 Å². The van der Waals surface area contributed by atoms with Crippen LogP contribution in [0.5, 0.6) is 0 Å². The molecule has 4 N–H and O–H groups in total. The normalized spacial score (nSPS) is 9.65. The molecule has 0 saturated carbocycles. The minimum atomic E-state index is -1.08. The predicted octanol–water partition coefficient (Wildman–Crippen LogP) is 1.59. The average molecular weight is 298 g/mol. The first-order valence-corrected chi connectivity index (χ1v) is 6.52. The van der Waals surface area contributed by atoms with Crippen LogP contribution in [0.2, 0.25) is 0 Å². The van der Waals surface area contributed by atoms with Gasteiger partial charge in [-0.1, -0.05) is 0 Å². The van der Waals surface area contributed by atoms with Crippen LogP contribution in [-0.2, 0) is 9.59 Å². The quantitative estimate of drug-likeness (QED) is 0.619. The Kier molecular flexibility index (Phi) is 6.41. The van der Waals surface area contributed by atoms with Crippen molar-refractivity contribution in [3.63, 3.8) is 0 Å². The smallest absolute Gasteiger partial charge is 0.303 e. The summed E-state index contributed by atoms with van der Waals surface area (Å²) in [6.07, 6.45) is -0.593. The highest BCUT2D eigenvalue weighted by atomic mass is 32.1. The van der Waals surface area contributed by atoms with Crippen LogP contribution in [0, 0.1) is 0 Å². The summed E-state index contributed by atoms with van der Waals surface area (Å²) in [6, 6.07) is 5.81. The minimum Gasteiger partial charge on any atom is -0.481 e. The van der Waals surface area contributed by atoms with Crippen LogP contribution in [0.25, 0.3) is 10.2 Å². The molecule has 1 heterocycles. The molecule has 0 amide bonds. The molecule has 0 aliphatic heterocycles. The van der Waals surface area contributed by atoms with E-state index >= 15 is 0 Å². The van der Waals surface area contributed by atoms with E-state index in [1.165, 1.54) is 0 Å². The van der Waals surface area contributed by atoms with Crippen LogP contribution in [0.3, 0.4) is 0 Å². The second kappa shape index (κ2) is 8.08. The number of hydrogen-bond acceptors (Lipinski definition) is 6. The maximum Gasteiger partial charge on any atom is 0.303 e. The molecule has 1 aromatic heterocycles. The number of carboxylic acids is 2. The number of carboxylic acid groups (broad SMARTS) is 2. The SMILES string of the molecule is O=C(O)CCC(=O)O.OCNc1ccc2ncsc2c1. The number of fused-ring (bicyclic) bond motifs is 1. The number of aliphatic hydroxyl groups excluding tert-OH is 1. The van der Waals surface area contributed by atoms with Gasteiger partial charge >= 0.3 is 11.9 Å². The van der Waals surface area contributed by atoms with Gasteiger partial charge in [-0.3, -0.25) is 9.59 Å². The van der Waals surface area contributed by atoms with E-state index in [2.05, 4.69) is 10.3 Å². The van der Waals surface area contributed by atoms with Crippen molar-refractivity contribution in [3.05, 3.63) is 23.7 Å². The van der Waals surface area contributed by atoms with Gasteiger partial charge in [0.1, 0.15) is 6.73 Å². The first-order valence-electron chi connectivity index (χ1n) is 5.64. The highest BCUT2D eigenvalue weighted by Crippen LogP contribution is 2.21. The fourth-order valence-corrected chi connectivity index (χ4v) is 1.99. The summed E-state index contributed by atoms with van der Waals surface area (Å²) in [4.78, 5) is 23.4. The largest absolute Gasteiger partial charge is 0.481 e. The third-order valence-electron chi connectivity index (χ3n) is 2.17. The van der Waals surface area contributed by atoms with Gasteiger partial charge in [0.2, 0.25) is 0 Å². The van der Waals surface area contributed by atoms with Gasteiger partial charge in [-0.15, -0.1) is 11.3 Å². The minimum absolute atomic E-state index is 0.0374. The molecule has 0 aliphatic carbocycles. The van der Waals surface area contributed by atoms with E-state index in [1.807, 2.05) is 23.7 Å². The second-order valence-electron chi connectivity index (χ2n) is 3.66. The molecule has 0 bridgehead atoms. The van der Waals surface area contributed by atoms with Gasteiger partial charge in [0, 0.05) is 5.69 Å². The summed E-state index contributed by atoms with van der Waals surface area (Å²) in [7, 11) is 0. The first kappa shape index (κ1) is 15.9. The van der Waals surface area contributed by atoms with Gasteiger partial charge < -0.3 is 20.6 Å². The Morgan fingerprint density at radius 3 is 2.40 bits per heavy atom. The summed E-state index contributed by atoms with van der Waals surface area (Å²) in [5, 5.41) is 27.2. The summed E-state index contributed by atoms with van der Waals surface area (Å²) in [6.45, 7) is -0.0374. The molecule has 7 nitrogen and oxygen atoms in total. The van der Waals surface area contributed by atoms with Crippen LogP contribution >= 0.6 is 11.3 Å². The lowest BCUT2D eigenvalue weighted by atomic mass is 10.3. The molecular formula is C12H14N2O5S. The van der Waals surface area contributed by atoms with Crippen molar-refractivity contribution in [2.75, 3.05) is 12.0 Å². The molecule has 0 unspecified atom stereocenters. The lowest BCUT2D eigenvalue weighted by Gasteiger charge is -2.00. The van der Waals surface area contributed by atoms with Gasteiger partial charge in [-0.25, -0.2) is 4.98 Å². The number of hydrogen-bond donors (Lipinski definition) is 4. The third kappa shape index (κ3) is 5.63. The summed E-state index contributed by atoms with van der Waals surface area (Å²) in [5.74, 6) is -2.15. The van der Waals surface area contributed by atoms with Crippen molar-refractivity contribution in [2.24, 2.45) is 0 Å². The van der Waals surface area contributed by atoms with E-state index in [0.29, 0.717) is 0 Å². The Hall–Kier alpha value is -2.19.